The van der Waals surface area contributed by atoms with Crippen LogP contribution in [0.15, 0.2) is 36.5 Å². The molecule has 0 spiro atoms. The van der Waals surface area contributed by atoms with Crippen molar-refractivity contribution in [1.82, 2.24) is 4.98 Å². The molecule has 0 aliphatic rings. The molecule has 116 valence electrons. The maximum Gasteiger partial charge on any atom is 0.261 e. The predicted octanol–water partition coefficient (Wildman–Crippen LogP) is 2.75. The van der Waals surface area contributed by atoms with Gasteiger partial charge in [-0.3, -0.25) is 4.79 Å². The van der Waals surface area contributed by atoms with Crippen LogP contribution in [-0.4, -0.2) is 31.7 Å². The predicted molar refractivity (Wildman–Crippen MR) is 82.9 cm³/mol. The van der Waals surface area contributed by atoms with Crippen LogP contribution in [0, 0.1) is 0 Å². The molecule has 0 bridgehead atoms. The van der Waals surface area contributed by atoms with Gasteiger partial charge in [0.2, 0.25) is 5.88 Å². The van der Waals surface area contributed by atoms with Crippen LogP contribution in [0.4, 0.5) is 5.69 Å². The van der Waals surface area contributed by atoms with Gasteiger partial charge in [0.1, 0.15) is 17.1 Å². The molecule has 0 saturated heterocycles. The third-order valence-electron chi connectivity index (χ3n) is 2.91. The molecule has 1 N–H and O–H groups in total. The van der Waals surface area contributed by atoms with Gasteiger partial charge in [0, 0.05) is 30.1 Å². The number of hydrogen-bond acceptors (Lipinski definition) is 5. The zero-order valence-electron chi connectivity index (χ0n) is 12.8. The fourth-order valence-electron chi connectivity index (χ4n) is 1.89. The minimum atomic E-state index is -0.313. The van der Waals surface area contributed by atoms with E-state index in [0.29, 0.717) is 35.2 Å². The van der Waals surface area contributed by atoms with Crippen molar-refractivity contribution in [3.63, 3.8) is 0 Å². The Balaban J connectivity index is 2.25. The van der Waals surface area contributed by atoms with E-state index in [2.05, 4.69) is 10.3 Å². The summed E-state index contributed by atoms with van der Waals surface area (Å²) in [7, 11) is 3.10. The van der Waals surface area contributed by atoms with Crippen LogP contribution in [0.3, 0.4) is 0 Å². The first kappa shape index (κ1) is 15.6. The van der Waals surface area contributed by atoms with Gasteiger partial charge in [-0.1, -0.05) is 0 Å². The Bertz CT molecular complexity index is 636. The van der Waals surface area contributed by atoms with E-state index in [1.807, 2.05) is 6.92 Å². The van der Waals surface area contributed by atoms with E-state index in [-0.39, 0.29) is 5.91 Å². The van der Waals surface area contributed by atoms with Gasteiger partial charge in [-0.25, -0.2) is 4.98 Å². The molecule has 1 amide bonds. The molecule has 0 atom stereocenters. The molecule has 1 aromatic carbocycles. The lowest BCUT2D eigenvalue weighted by atomic mass is 10.2. The third kappa shape index (κ3) is 3.66. The Morgan fingerprint density at radius 3 is 2.45 bits per heavy atom. The average molecular weight is 302 g/mol. The number of benzene rings is 1. The highest BCUT2D eigenvalue weighted by Gasteiger charge is 2.14. The first-order valence-corrected chi connectivity index (χ1v) is 6.80. The molecule has 2 rings (SSSR count). The number of pyridine rings is 1. The maximum absolute atomic E-state index is 12.4. The van der Waals surface area contributed by atoms with Crippen molar-refractivity contribution in [2.24, 2.45) is 0 Å². The number of anilines is 1. The van der Waals surface area contributed by atoms with Crippen LogP contribution in [0.5, 0.6) is 17.4 Å². The van der Waals surface area contributed by atoms with E-state index in [0.717, 1.165) is 0 Å². The number of hydrogen-bond donors (Lipinski definition) is 1. The number of nitrogens with one attached hydrogen (secondary N) is 1. The highest BCUT2D eigenvalue weighted by Crippen LogP contribution is 2.26. The second kappa shape index (κ2) is 7.31. The molecule has 6 heteroatoms. The Morgan fingerprint density at radius 2 is 1.86 bits per heavy atom. The Morgan fingerprint density at radius 1 is 1.18 bits per heavy atom. The highest BCUT2D eigenvalue weighted by atomic mass is 16.5. The molecule has 0 saturated carbocycles. The molecule has 0 radical (unpaired) electrons. The number of methoxy groups -OCH3 is 2. The van der Waals surface area contributed by atoms with Crippen molar-refractivity contribution >= 4 is 11.6 Å². The van der Waals surface area contributed by atoms with Crippen LogP contribution < -0.4 is 19.5 Å². The van der Waals surface area contributed by atoms with E-state index >= 15 is 0 Å². The normalized spacial score (nSPS) is 9.95. The summed E-state index contributed by atoms with van der Waals surface area (Å²) in [6.07, 6.45) is 1.58. The van der Waals surface area contributed by atoms with Crippen molar-refractivity contribution in [3.8, 4) is 17.4 Å². The lowest BCUT2D eigenvalue weighted by Crippen LogP contribution is -2.14. The van der Waals surface area contributed by atoms with Gasteiger partial charge in [-0.15, -0.1) is 0 Å². The fourth-order valence-corrected chi connectivity index (χ4v) is 1.89. The van der Waals surface area contributed by atoms with Gasteiger partial charge in [-0.2, -0.15) is 0 Å². The Hall–Kier alpha value is -2.76. The zero-order valence-corrected chi connectivity index (χ0v) is 12.8. The van der Waals surface area contributed by atoms with Crippen molar-refractivity contribution in [3.05, 3.63) is 42.1 Å². The summed E-state index contributed by atoms with van der Waals surface area (Å²) in [5, 5.41) is 2.79. The minimum absolute atomic E-state index is 0.303. The summed E-state index contributed by atoms with van der Waals surface area (Å²) >= 11 is 0. The van der Waals surface area contributed by atoms with Crippen LogP contribution in [-0.2, 0) is 0 Å². The van der Waals surface area contributed by atoms with E-state index < -0.39 is 0 Å². The summed E-state index contributed by atoms with van der Waals surface area (Å²) in [5.41, 5.74) is 0.929. The van der Waals surface area contributed by atoms with Gasteiger partial charge in [-0.05, 0) is 19.1 Å². The van der Waals surface area contributed by atoms with Gasteiger partial charge < -0.3 is 19.5 Å². The Kier molecular flexibility index (Phi) is 5.19. The molecule has 1 aromatic heterocycles. The topological polar surface area (TPSA) is 69.7 Å². The molecule has 0 aliphatic carbocycles. The van der Waals surface area contributed by atoms with Crippen LogP contribution >= 0.6 is 0 Å². The smallest absolute Gasteiger partial charge is 0.261 e. The lowest BCUT2D eigenvalue weighted by molar-refractivity contribution is 0.102. The summed E-state index contributed by atoms with van der Waals surface area (Å²) < 4.78 is 15.7. The number of rotatable bonds is 6. The quantitative estimate of drug-likeness (QED) is 0.888. The number of ether oxygens (including phenoxy) is 3. The molecule has 2 aromatic rings. The number of carbonyl (C=O) groups excluding carboxylic acids is 1. The van der Waals surface area contributed by atoms with Crippen LogP contribution in [0.2, 0.25) is 0 Å². The molecular weight excluding hydrogens is 284 g/mol. The van der Waals surface area contributed by atoms with Gasteiger partial charge in [0.15, 0.2) is 0 Å². The first-order chi connectivity index (χ1) is 10.7. The first-order valence-electron chi connectivity index (χ1n) is 6.80. The molecule has 6 nitrogen and oxygen atoms in total. The molecule has 0 fully saturated rings. The summed E-state index contributed by atoms with van der Waals surface area (Å²) in [6.45, 7) is 2.27. The van der Waals surface area contributed by atoms with Gasteiger partial charge >= 0.3 is 0 Å². The minimum Gasteiger partial charge on any atom is -0.497 e. The second-order valence-corrected chi connectivity index (χ2v) is 4.34. The Labute approximate surface area is 129 Å². The number of carbonyl (C=O) groups is 1. The monoisotopic (exact) mass is 302 g/mol. The number of nitrogens with zero attached hydrogens (tertiary/aromatic N) is 1. The highest BCUT2D eigenvalue weighted by molar-refractivity contribution is 6.06. The number of amides is 1. The van der Waals surface area contributed by atoms with E-state index in [4.69, 9.17) is 14.2 Å². The van der Waals surface area contributed by atoms with Crippen molar-refractivity contribution in [2.75, 3.05) is 26.1 Å². The zero-order chi connectivity index (χ0) is 15.9. The lowest BCUT2D eigenvalue weighted by Gasteiger charge is -2.11. The molecular formula is C16H18N2O4. The summed E-state index contributed by atoms with van der Waals surface area (Å²) in [6, 6.07) is 8.48. The van der Waals surface area contributed by atoms with E-state index in [1.165, 1.54) is 0 Å². The summed E-state index contributed by atoms with van der Waals surface area (Å²) in [5.74, 6) is 1.17. The van der Waals surface area contributed by atoms with E-state index in [1.54, 1.807) is 50.7 Å². The maximum atomic E-state index is 12.4. The van der Waals surface area contributed by atoms with Crippen molar-refractivity contribution < 1.29 is 19.0 Å². The molecule has 0 aliphatic heterocycles. The number of aromatic nitrogens is 1. The van der Waals surface area contributed by atoms with Crippen molar-refractivity contribution in [2.45, 2.75) is 6.92 Å². The average Bonchev–Trinajstić information content (AvgIpc) is 2.55. The van der Waals surface area contributed by atoms with Crippen LogP contribution in [0.1, 0.15) is 17.3 Å². The van der Waals surface area contributed by atoms with Gasteiger partial charge in [0.25, 0.3) is 5.91 Å². The van der Waals surface area contributed by atoms with Crippen molar-refractivity contribution in [1.29, 1.82) is 0 Å². The standard InChI is InChI=1S/C16H18N2O4/c1-4-22-16-14(6-5-7-17-16)15(19)18-11-8-12(20-2)10-13(9-11)21-3/h5-10H,4H2,1-3H3,(H,18,19). The molecule has 1 heterocycles. The molecule has 22 heavy (non-hydrogen) atoms. The van der Waals surface area contributed by atoms with Gasteiger partial charge in [0.05, 0.1) is 20.8 Å². The second-order valence-electron chi connectivity index (χ2n) is 4.34. The SMILES string of the molecule is CCOc1ncccc1C(=O)Nc1cc(OC)cc(OC)c1. The third-order valence-corrected chi connectivity index (χ3v) is 2.91. The fraction of sp³-hybridized carbons (Fsp3) is 0.250. The summed E-state index contributed by atoms with van der Waals surface area (Å²) in [4.78, 5) is 16.5. The molecule has 0 unspecified atom stereocenters. The van der Waals surface area contributed by atoms with Crippen LogP contribution in [0.25, 0.3) is 0 Å². The largest absolute Gasteiger partial charge is 0.497 e. The van der Waals surface area contributed by atoms with E-state index in [9.17, 15) is 4.79 Å².